The molecular weight excluding hydrogens is 248 g/mol. The maximum atomic E-state index is 4.83. The number of benzene rings is 1. The molecule has 1 heterocycles. The molecule has 0 aliphatic rings. The van der Waals surface area contributed by atoms with E-state index in [4.69, 9.17) is 4.98 Å². The highest BCUT2D eigenvalue weighted by atomic mass is 15.1. The quantitative estimate of drug-likeness (QED) is 0.874. The summed E-state index contributed by atoms with van der Waals surface area (Å²) in [7, 11) is 6.21. The fourth-order valence-corrected chi connectivity index (χ4v) is 2.41. The molecular formula is C16H26N4. The highest BCUT2D eigenvalue weighted by Gasteiger charge is 2.11. The number of hydrogen-bond donors (Lipinski definition) is 1. The smallest absolute Gasteiger partial charge is 0.111 e. The van der Waals surface area contributed by atoms with E-state index in [1.54, 1.807) is 0 Å². The molecule has 1 aromatic heterocycles. The highest BCUT2D eigenvalue weighted by Crippen LogP contribution is 2.21. The first kappa shape index (κ1) is 15.0. The van der Waals surface area contributed by atoms with Gasteiger partial charge in [0.1, 0.15) is 5.82 Å². The van der Waals surface area contributed by atoms with Crippen LogP contribution >= 0.6 is 0 Å². The molecule has 0 atom stereocenters. The first-order valence-corrected chi connectivity index (χ1v) is 7.28. The van der Waals surface area contributed by atoms with Gasteiger partial charge in [0.2, 0.25) is 0 Å². The van der Waals surface area contributed by atoms with Crippen LogP contribution in [0.3, 0.4) is 0 Å². The van der Waals surface area contributed by atoms with Crippen LogP contribution in [0, 0.1) is 13.8 Å². The van der Waals surface area contributed by atoms with E-state index in [-0.39, 0.29) is 0 Å². The van der Waals surface area contributed by atoms with Crippen LogP contribution in [0.4, 0.5) is 0 Å². The van der Waals surface area contributed by atoms with Crippen molar-refractivity contribution >= 4 is 11.0 Å². The summed E-state index contributed by atoms with van der Waals surface area (Å²) in [5, 5.41) is 3.21. The van der Waals surface area contributed by atoms with Crippen LogP contribution in [0.15, 0.2) is 12.1 Å². The van der Waals surface area contributed by atoms with E-state index in [0.29, 0.717) is 0 Å². The average molecular weight is 274 g/mol. The minimum atomic E-state index is 0.962. The van der Waals surface area contributed by atoms with Gasteiger partial charge in [-0.2, -0.15) is 0 Å². The lowest BCUT2D eigenvalue weighted by atomic mass is 10.1. The third-order valence-electron chi connectivity index (χ3n) is 3.81. The molecule has 20 heavy (non-hydrogen) atoms. The first-order valence-electron chi connectivity index (χ1n) is 7.28. The minimum absolute atomic E-state index is 0.962. The number of aromatic nitrogens is 2. The fraction of sp³-hybridized carbons (Fsp3) is 0.562. The molecule has 4 heteroatoms. The Kier molecular flexibility index (Phi) is 4.78. The second kappa shape index (κ2) is 6.37. The minimum Gasteiger partial charge on any atom is -0.327 e. The van der Waals surface area contributed by atoms with Crippen molar-refractivity contribution < 1.29 is 0 Å². The number of imidazole rings is 1. The first-order chi connectivity index (χ1) is 9.52. The predicted molar refractivity (Wildman–Crippen MR) is 85.4 cm³/mol. The number of nitrogens with zero attached hydrogens (tertiary/aromatic N) is 3. The summed E-state index contributed by atoms with van der Waals surface area (Å²) in [4.78, 5) is 7.05. The largest absolute Gasteiger partial charge is 0.327 e. The van der Waals surface area contributed by atoms with E-state index < -0.39 is 0 Å². The number of fused-ring (bicyclic) bond motifs is 1. The van der Waals surface area contributed by atoms with Crippen LogP contribution in [0.2, 0.25) is 0 Å². The van der Waals surface area contributed by atoms with E-state index >= 15 is 0 Å². The maximum Gasteiger partial charge on any atom is 0.111 e. The summed E-state index contributed by atoms with van der Waals surface area (Å²) in [5.41, 5.74) is 5.04. The molecule has 2 aromatic rings. The van der Waals surface area contributed by atoms with Gasteiger partial charge in [0, 0.05) is 26.1 Å². The number of aryl methyl sites for hydroxylation is 2. The van der Waals surface area contributed by atoms with Crippen molar-refractivity contribution in [3.8, 4) is 0 Å². The zero-order valence-electron chi connectivity index (χ0n) is 13.3. The molecule has 0 saturated heterocycles. The van der Waals surface area contributed by atoms with Crippen molar-refractivity contribution in [3.63, 3.8) is 0 Å². The average Bonchev–Trinajstić information content (AvgIpc) is 2.71. The Labute approximate surface area is 121 Å². The number of likely N-dealkylation sites (N-methyl/N-ethyl adjacent to an activating group) is 2. The lowest BCUT2D eigenvalue weighted by Gasteiger charge is -2.13. The van der Waals surface area contributed by atoms with E-state index in [1.165, 1.54) is 22.5 Å². The van der Waals surface area contributed by atoms with Gasteiger partial charge in [0.15, 0.2) is 0 Å². The van der Waals surface area contributed by atoms with Gasteiger partial charge >= 0.3 is 0 Å². The van der Waals surface area contributed by atoms with Crippen molar-refractivity contribution in [1.29, 1.82) is 0 Å². The van der Waals surface area contributed by atoms with Crippen LogP contribution in [0.5, 0.6) is 0 Å². The van der Waals surface area contributed by atoms with Gasteiger partial charge in [-0.1, -0.05) is 0 Å². The molecule has 0 aliphatic carbocycles. The Morgan fingerprint density at radius 3 is 2.55 bits per heavy atom. The molecule has 0 saturated carbocycles. The third kappa shape index (κ3) is 3.19. The van der Waals surface area contributed by atoms with Crippen molar-refractivity contribution in [2.45, 2.75) is 26.8 Å². The SMILES string of the molecule is CNCCc1nc2cc(C)c(C)cc2n1CCN(C)C. The Hall–Kier alpha value is -1.39. The van der Waals surface area contributed by atoms with Crippen LogP contribution in [0.1, 0.15) is 17.0 Å². The standard InChI is InChI=1S/C16H26N4/c1-12-10-14-15(11-13(12)2)20(9-8-19(4)5)16(18-14)6-7-17-3/h10-11,17H,6-9H2,1-5H3. The highest BCUT2D eigenvalue weighted by molar-refractivity contribution is 5.78. The normalized spacial score (nSPS) is 11.7. The van der Waals surface area contributed by atoms with Crippen LogP contribution < -0.4 is 5.32 Å². The van der Waals surface area contributed by atoms with E-state index in [1.807, 2.05) is 7.05 Å². The molecule has 0 aliphatic heterocycles. The van der Waals surface area contributed by atoms with Gasteiger partial charge in [-0.05, 0) is 58.3 Å². The van der Waals surface area contributed by atoms with Crippen molar-refractivity contribution in [2.24, 2.45) is 0 Å². The van der Waals surface area contributed by atoms with Gasteiger partial charge in [0.25, 0.3) is 0 Å². The predicted octanol–water partition coefficient (Wildman–Crippen LogP) is 1.98. The molecule has 0 unspecified atom stereocenters. The number of nitrogens with one attached hydrogen (secondary N) is 1. The summed E-state index contributed by atoms with van der Waals surface area (Å²) in [6, 6.07) is 4.48. The molecule has 0 fully saturated rings. The summed E-state index contributed by atoms with van der Waals surface area (Å²) >= 11 is 0. The zero-order valence-corrected chi connectivity index (χ0v) is 13.3. The lowest BCUT2D eigenvalue weighted by Crippen LogP contribution is -2.21. The van der Waals surface area contributed by atoms with Crippen LogP contribution in [-0.4, -0.2) is 48.7 Å². The molecule has 0 spiro atoms. The maximum absolute atomic E-state index is 4.83. The molecule has 1 aromatic carbocycles. The third-order valence-corrected chi connectivity index (χ3v) is 3.81. The topological polar surface area (TPSA) is 33.1 Å². The van der Waals surface area contributed by atoms with Gasteiger partial charge in [-0.3, -0.25) is 0 Å². The second-order valence-corrected chi connectivity index (χ2v) is 5.76. The lowest BCUT2D eigenvalue weighted by molar-refractivity contribution is 0.383. The van der Waals surface area contributed by atoms with Crippen molar-refractivity contribution in [2.75, 3.05) is 34.2 Å². The van der Waals surface area contributed by atoms with Gasteiger partial charge in [-0.25, -0.2) is 4.98 Å². The molecule has 4 nitrogen and oxygen atoms in total. The Balaban J connectivity index is 2.43. The van der Waals surface area contributed by atoms with Gasteiger partial charge in [0.05, 0.1) is 11.0 Å². The summed E-state index contributed by atoms with van der Waals surface area (Å²) in [5.74, 6) is 1.18. The Morgan fingerprint density at radius 2 is 1.90 bits per heavy atom. The van der Waals surface area contributed by atoms with Gasteiger partial charge < -0.3 is 14.8 Å². The van der Waals surface area contributed by atoms with Crippen molar-refractivity contribution in [1.82, 2.24) is 19.8 Å². The van der Waals surface area contributed by atoms with Crippen LogP contribution in [-0.2, 0) is 13.0 Å². The van der Waals surface area contributed by atoms with E-state index in [0.717, 1.165) is 31.6 Å². The summed E-state index contributed by atoms with van der Waals surface area (Å²) in [6.45, 7) is 7.31. The monoisotopic (exact) mass is 274 g/mol. The molecule has 110 valence electrons. The zero-order chi connectivity index (χ0) is 14.7. The fourth-order valence-electron chi connectivity index (χ4n) is 2.41. The van der Waals surface area contributed by atoms with Crippen molar-refractivity contribution in [3.05, 3.63) is 29.1 Å². The molecule has 2 rings (SSSR count). The van der Waals surface area contributed by atoms with E-state index in [2.05, 4.69) is 54.9 Å². The Morgan fingerprint density at radius 1 is 1.20 bits per heavy atom. The number of rotatable bonds is 6. The Bertz CT molecular complexity index is 584. The molecule has 0 radical (unpaired) electrons. The van der Waals surface area contributed by atoms with Gasteiger partial charge in [-0.15, -0.1) is 0 Å². The summed E-state index contributed by atoms with van der Waals surface area (Å²) in [6.07, 6.45) is 0.969. The second-order valence-electron chi connectivity index (χ2n) is 5.76. The number of hydrogen-bond acceptors (Lipinski definition) is 3. The van der Waals surface area contributed by atoms with Crippen LogP contribution in [0.25, 0.3) is 11.0 Å². The molecule has 0 bridgehead atoms. The van der Waals surface area contributed by atoms with E-state index in [9.17, 15) is 0 Å². The summed E-state index contributed by atoms with van der Waals surface area (Å²) < 4.78 is 2.37. The molecule has 1 N–H and O–H groups in total. The molecule has 0 amide bonds.